The fourth-order valence-corrected chi connectivity index (χ4v) is 12.9. The van der Waals surface area contributed by atoms with Gasteiger partial charge < -0.3 is 4.42 Å². The van der Waals surface area contributed by atoms with Crippen LogP contribution in [-0.2, 0) is 10.8 Å². The highest BCUT2D eigenvalue weighted by Gasteiger charge is 2.52. The van der Waals surface area contributed by atoms with Crippen LogP contribution in [0, 0.1) is 0 Å². The molecular formula is C64H39NO. The summed E-state index contributed by atoms with van der Waals surface area (Å²) in [5, 5.41) is 7.25. The zero-order chi connectivity index (χ0) is 43.3. The zero-order valence-corrected chi connectivity index (χ0v) is 36.1. The lowest BCUT2D eigenvalue weighted by Crippen LogP contribution is -2.25. The second kappa shape index (κ2) is 12.9. The van der Waals surface area contributed by atoms with E-state index in [1.807, 2.05) is 12.3 Å². The predicted octanol–water partition coefficient (Wildman–Crippen LogP) is 16.3. The molecule has 3 aliphatic carbocycles. The van der Waals surface area contributed by atoms with Crippen LogP contribution in [0.2, 0.25) is 0 Å². The molecule has 12 aromatic rings. The van der Waals surface area contributed by atoms with Crippen LogP contribution < -0.4 is 0 Å². The van der Waals surface area contributed by atoms with Crippen LogP contribution in [0.4, 0.5) is 0 Å². The van der Waals surface area contributed by atoms with Gasteiger partial charge in [0.1, 0.15) is 11.2 Å². The molecule has 2 nitrogen and oxygen atoms in total. The number of furan rings is 1. The van der Waals surface area contributed by atoms with Gasteiger partial charge in [-0.3, -0.25) is 4.98 Å². The normalized spacial score (nSPS) is 15.8. The molecule has 306 valence electrons. The van der Waals surface area contributed by atoms with Gasteiger partial charge in [0.15, 0.2) is 0 Å². The van der Waals surface area contributed by atoms with Gasteiger partial charge in [-0.15, -0.1) is 0 Å². The summed E-state index contributed by atoms with van der Waals surface area (Å²) in [4.78, 5) is 4.74. The molecule has 0 radical (unpaired) electrons. The average molecular weight is 838 g/mol. The summed E-state index contributed by atoms with van der Waals surface area (Å²) in [6.07, 6.45) is 4.06. The predicted molar refractivity (Wildman–Crippen MR) is 271 cm³/mol. The Hall–Kier alpha value is -8.33. The highest BCUT2D eigenvalue weighted by molar-refractivity contribution is 6.11. The summed E-state index contributed by atoms with van der Waals surface area (Å²) in [5.41, 5.74) is 22.9. The molecule has 0 N–H and O–H groups in total. The summed E-state index contributed by atoms with van der Waals surface area (Å²) >= 11 is 0. The van der Waals surface area contributed by atoms with Crippen molar-refractivity contribution in [3.05, 3.63) is 258 Å². The van der Waals surface area contributed by atoms with Gasteiger partial charge in [0.2, 0.25) is 0 Å². The van der Waals surface area contributed by atoms with E-state index in [2.05, 4.69) is 213 Å². The van der Waals surface area contributed by atoms with Crippen LogP contribution in [0.5, 0.6) is 0 Å². The van der Waals surface area contributed by atoms with Crippen LogP contribution in [-0.4, -0.2) is 4.98 Å². The van der Waals surface area contributed by atoms with Crippen molar-refractivity contribution < 1.29 is 4.42 Å². The summed E-state index contributed by atoms with van der Waals surface area (Å²) in [7, 11) is 0. The molecule has 2 aromatic heterocycles. The van der Waals surface area contributed by atoms with Crippen LogP contribution in [0.1, 0.15) is 45.9 Å². The first-order chi connectivity index (χ1) is 32.6. The van der Waals surface area contributed by atoms with E-state index in [9.17, 15) is 0 Å². The standard InChI is InChI=1S/C64H39NO/c1-63(42-28-29-50-49-15-5-9-23-59(49)66-60(50)36-42)54-20-6-2-14-48(54)52-19-11-17-44(62(52)63)41-27-25-38-34-40(26-24-39(38)35-41)43-16-10-18-51-45(43)30-31-58-61(51)53-37-65-33-32-57(53)64(58)55-21-7-3-12-46(55)47-13-4-8-22-56(47)64/h2-37H,1H3. The van der Waals surface area contributed by atoms with E-state index in [0.29, 0.717) is 0 Å². The maximum absolute atomic E-state index is 6.48. The molecule has 0 amide bonds. The number of rotatable bonds is 3. The van der Waals surface area contributed by atoms with Crippen molar-refractivity contribution in [2.45, 2.75) is 17.8 Å². The van der Waals surface area contributed by atoms with Gasteiger partial charge in [-0.25, -0.2) is 0 Å². The van der Waals surface area contributed by atoms with Gasteiger partial charge in [-0.1, -0.05) is 176 Å². The van der Waals surface area contributed by atoms with Gasteiger partial charge in [-0.05, 0) is 148 Å². The largest absolute Gasteiger partial charge is 0.456 e. The molecule has 0 aliphatic heterocycles. The van der Waals surface area contributed by atoms with Crippen molar-refractivity contribution in [3.8, 4) is 55.6 Å². The number of benzene rings is 10. The SMILES string of the molecule is CC1(c2ccc3c(c2)oc2ccccc23)c2ccccc2-c2cccc(-c3ccc4cc(-c5cccc6c7c(ccc56)C5(c6ccccc6-c6ccccc65)c5ccncc5-7)ccc4c3)c21. The minimum Gasteiger partial charge on any atom is -0.456 e. The maximum atomic E-state index is 6.48. The quantitative estimate of drug-likeness (QED) is 0.177. The van der Waals surface area contributed by atoms with Crippen LogP contribution >= 0.6 is 0 Å². The number of nitrogens with zero attached hydrogens (tertiary/aromatic N) is 1. The van der Waals surface area contributed by atoms with Gasteiger partial charge >= 0.3 is 0 Å². The lowest BCUT2D eigenvalue weighted by Gasteiger charge is -2.30. The molecule has 0 bridgehead atoms. The van der Waals surface area contributed by atoms with Crippen LogP contribution in [0.3, 0.4) is 0 Å². The molecule has 3 aliphatic rings. The first-order valence-corrected chi connectivity index (χ1v) is 23.0. The fraction of sp³-hybridized carbons (Fsp3) is 0.0469. The van der Waals surface area contributed by atoms with Gasteiger partial charge in [0.25, 0.3) is 0 Å². The minimum atomic E-state index is -0.399. The van der Waals surface area contributed by atoms with Crippen molar-refractivity contribution in [2.24, 2.45) is 0 Å². The monoisotopic (exact) mass is 837 g/mol. The Kier molecular flexibility index (Phi) is 7.05. The first-order valence-electron chi connectivity index (χ1n) is 23.0. The number of pyridine rings is 1. The van der Waals surface area contributed by atoms with Crippen molar-refractivity contribution in [2.75, 3.05) is 0 Å². The van der Waals surface area contributed by atoms with Crippen molar-refractivity contribution in [1.82, 2.24) is 4.98 Å². The molecule has 1 unspecified atom stereocenters. The van der Waals surface area contributed by atoms with Crippen LogP contribution in [0.25, 0.3) is 99.1 Å². The van der Waals surface area contributed by atoms with E-state index >= 15 is 0 Å². The Morgan fingerprint density at radius 1 is 0.379 bits per heavy atom. The highest BCUT2D eigenvalue weighted by Crippen LogP contribution is 2.64. The molecule has 15 rings (SSSR count). The van der Waals surface area contributed by atoms with E-state index in [-0.39, 0.29) is 0 Å². The van der Waals surface area contributed by atoms with Crippen molar-refractivity contribution in [1.29, 1.82) is 0 Å². The Balaban J connectivity index is 0.863. The van der Waals surface area contributed by atoms with E-state index < -0.39 is 10.8 Å². The molecule has 1 spiro atoms. The molecular weight excluding hydrogens is 799 g/mol. The molecule has 2 heteroatoms. The maximum Gasteiger partial charge on any atom is 0.135 e. The number of hydrogen-bond acceptors (Lipinski definition) is 2. The van der Waals surface area contributed by atoms with Crippen molar-refractivity contribution in [3.63, 3.8) is 0 Å². The Bertz CT molecular complexity index is 4050. The molecule has 0 saturated carbocycles. The first kappa shape index (κ1) is 36.1. The molecule has 1 atom stereocenters. The molecule has 2 heterocycles. The Morgan fingerprint density at radius 3 is 1.74 bits per heavy atom. The van der Waals surface area contributed by atoms with Crippen LogP contribution in [0.15, 0.2) is 223 Å². The lowest BCUT2D eigenvalue weighted by molar-refractivity contribution is 0.662. The molecule has 10 aromatic carbocycles. The smallest absolute Gasteiger partial charge is 0.135 e. The van der Waals surface area contributed by atoms with Gasteiger partial charge in [-0.2, -0.15) is 0 Å². The Morgan fingerprint density at radius 2 is 0.955 bits per heavy atom. The van der Waals surface area contributed by atoms with E-state index in [4.69, 9.17) is 9.40 Å². The third-order valence-electron chi connectivity index (χ3n) is 15.7. The van der Waals surface area contributed by atoms with E-state index in [1.165, 1.54) is 116 Å². The third kappa shape index (κ3) is 4.48. The average Bonchev–Trinajstić information content (AvgIpc) is 4.08. The number of hydrogen-bond donors (Lipinski definition) is 0. The van der Waals surface area contributed by atoms with Gasteiger partial charge in [0.05, 0.1) is 5.41 Å². The number of fused-ring (bicyclic) bond motifs is 19. The summed E-state index contributed by atoms with van der Waals surface area (Å²) in [6.45, 7) is 2.40. The third-order valence-corrected chi connectivity index (χ3v) is 15.7. The fourth-order valence-electron chi connectivity index (χ4n) is 12.9. The minimum absolute atomic E-state index is 0.396. The summed E-state index contributed by atoms with van der Waals surface area (Å²) < 4.78 is 6.48. The van der Waals surface area contributed by atoms with E-state index in [0.717, 1.165) is 21.9 Å². The lowest BCUT2D eigenvalue weighted by atomic mass is 9.70. The second-order valence-electron chi connectivity index (χ2n) is 18.6. The summed E-state index contributed by atoms with van der Waals surface area (Å²) in [6, 6.07) is 76.8. The zero-order valence-electron chi connectivity index (χ0n) is 36.1. The van der Waals surface area contributed by atoms with Gasteiger partial charge in [0, 0.05) is 34.1 Å². The highest BCUT2D eigenvalue weighted by atomic mass is 16.3. The topological polar surface area (TPSA) is 26.0 Å². The van der Waals surface area contributed by atoms with Crippen molar-refractivity contribution >= 4 is 43.5 Å². The second-order valence-corrected chi connectivity index (χ2v) is 18.6. The Labute approximate surface area is 382 Å². The molecule has 66 heavy (non-hydrogen) atoms. The number of para-hydroxylation sites is 1. The molecule has 0 fully saturated rings. The molecule has 0 saturated heterocycles. The van der Waals surface area contributed by atoms with E-state index in [1.54, 1.807) is 0 Å². The summed E-state index contributed by atoms with van der Waals surface area (Å²) in [5.74, 6) is 0. The number of aromatic nitrogens is 1.